The molecule has 0 bridgehead atoms. The molecule has 1 aliphatic carbocycles. The molecule has 0 spiro atoms. The van der Waals surface area contributed by atoms with Gasteiger partial charge in [0.05, 0.1) is 27.8 Å². The van der Waals surface area contributed by atoms with Crippen LogP contribution < -0.4 is 0 Å². The number of carbonyl (C=O) groups is 1. The van der Waals surface area contributed by atoms with E-state index < -0.39 is 0 Å². The molecule has 1 saturated carbocycles. The van der Waals surface area contributed by atoms with Crippen LogP contribution in [0.25, 0.3) is 28.0 Å². The summed E-state index contributed by atoms with van der Waals surface area (Å²) < 4.78 is 2.93. The van der Waals surface area contributed by atoms with E-state index in [1.54, 1.807) is 0 Å². The summed E-state index contributed by atoms with van der Waals surface area (Å²) in [7, 11) is 0. The van der Waals surface area contributed by atoms with Crippen LogP contribution in [0.4, 0.5) is 0 Å². The number of aryl methyl sites for hydroxylation is 1. The van der Waals surface area contributed by atoms with E-state index >= 15 is 0 Å². The average Bonchev–Trinajstić information content (AvgIpc) is 3.59. The van der Waals surface area contributed by atoms with E-state index in [4.69, 9.17) is 9.97 Å². The Morgan fingerprint density at radius 3 is 2.42 bits per heavy atom. The second-order valence-corrected chi connectivity index (χ2v) is 12.2. The first-order chi connectivity index (χ1) is 18.4. The lowest BCUT2D eigenvalue weighted by Crippen LogP contribution is -2.42. The maximum atomic E-state index is 13.3. The fourth-order valence-electron chi connectivity index (χ4n) is 6.07. The van der Waals surface area contributed by atoms with Gasteiger partial charge in [0.2, 0.25) is 5.91 Å². The van der Waals surface area contributed by atoms with Crippen molar-refractivity contribution >= 4 is 27.5 Å². The second kappa shape index (κ2) is 9.92. The van der Waals surface area contributed by atoms with Crippen LogP contribution in [-0.2, 0) is 4.79 Å². The first-order valence-electron chi connectivity index (χ1n) is 13.7. The lowest BCUT2D eigenvalue weighted by molar-refractivity contribution is -0.138. The van der Waals surface area contributed by atoms with Crippen LogP contribution in [0.15, 0.2) is 59.3 Å². The number of likely N-dealkylation sites (tertiary alicyclic amines) is 1. The van der Waals surface area contributed by atoms with E-state index in [9.17, 15) is 4.79 Å². The summed E-state index contributed by atoms with van der Waals surface area (Å²) in [5, 5.41) is 4.66. The van der Waals surface area contributed by atoms with Crippen LogP contribution in [0.2, 0.25) is 0 Å². The van der Waals surface area contributed by atoms with Crippen LogP contribution in [0.1, 0.15) is 63.3 Å². The highest BCUT2D eigenvalue weighted by Gasteiger charge is 2.51. The zero-order valence-electron chi connectivity index (χ0n) is 22.3. The second-order valence-electron chi connectivity index (χ2n) is 11.4. The summed E-state index contributed by atoms with van der Waals surface area (Å²) in [5.74, 6) is 1.25. The number of nitrogens with zero attached hydrogens (tertiary/aromatic N) is 5. The molecule has 0 radical (unpaired) electrons. The van der Waals surface area contributed by atoms with Crippen LogP contribution >= 0.6 is 15.9 Å². The standard InChI is InChI=1S/C31H34BrN5O/c1-20(2)17-31(13-14-31)30(38)36-15-11-23(12-16-36)28-27(32)21(3)37-29(35-28)25(19-34-37)24-9-10-26(33-18-24)22-7-5-4-6-8-22/h4-10,18-20,23H,11-17H2,1-3H3. The molecule has 6 rings (SSSR count). The van der Waals surface area contributed by atoms with Crippen molar-refractivity contribution in [2.24, 2.45) is 11.3 Å². The minimum Gasteiger partial charge on any atom is -0.342 e. The smallest absolute Gasteiger partial charge is 0.228 e. The van der Waals surface area contributed by atoms with Gasteiger partial charge >= 0.3 is 0 Å². The normalized spacial score (nSPS) is 17.3. The zero-order chi connectivity index (χ0) is 26.4. The summed E-state index contributed by atoms with van der Waals surface area (Å²) in [6.45, 7) is 8.13. The van der Waals surface area contributed by atoms with E-state index in [2.05, 4.69) is 71.0 Å². The number of halogens is 1. The number of carbonyl (C=O) groups excluding carboxylic acids is 1. The first-order valence-corrected chi connectivity index (χ1v) is 14.5. The molecule has 38 heavy (non-hydrogen) atoms. The van der Waals surface area contributed by atoms with Gasteiger partial charge in [-0.05, 0) is 66.9 Å². The molecule has 0 atom stereocenters. The Hall–Kier alpha value is -3.06. The molecule has 0 N–H and O–H groups in total. The van der Waals surface area contributed by atoms with Gasteiger partial charge in [0.15, 0.2) is 5.65 Å². The van der Waals surface area contributed by atoms with Gasteiger partial charge < -0.3 is 4.90 Å². The number of rotatable bonds is 6. The molecule has 3 aromatic heterocycles. The number of benzene rings is 1. The highest BCUT2D eigenvalue weighted by Crippen LogP contribution is 2.52. The van der Waals surface area contributed by atoms with E-state index in [1.807, 2.05) is 35.1 Å². The Balaban J connectivity index is 1.25. The number of hydrogen-bond donors (Lipinski definition) is 0. The first kappa shape index (κ1) is 25.2. The fraction of sp³-hybridized carbons (Fsp3) is 0.419. The van der Waals surface area contributed by atoms with Gasteiger partial charge in [-0.2, -0.15) is 5.10 Å². The molecule has 6 nitrogen and oxygen atoms in total. The van der Waals surface area contributed by atoms with Crippen LogP contribution in [0.5, 0.6) is 0 Å². The van der Waals surface area contributed by atoms with Crippen LogP contribution in [0, 0.1) is 18.3 Å². The number of fused-ring (bicyclic) bond motifs is 1. The Kier molecular flexibility index (Phi) is 6.58. The van der Waals surface area contributed by atoms with E-state index in [-0.39, 0.29) is 5.41 Å². The fourth-order valence-corrected chi connectivity index (χ4v) is 6.65. The lowest BCUT2D eigenvalue weighted by Gasteiger charge is -2.35. The molecule has 1 saturated heterocycles. The molecular weight excluding hydrogens is 538 g/mol. The molecule has 4 heterocycles. The maximum Gasteiger partial charge on any atom is 0.228 e. The summed E-state index contributed by atoms with van der Waals surface area (Å²) in [6.07, 6.45) is 8.78. The molecule has 7 heteroatoms. The third-order valence-corrected chi connectivity index (χ3v) is 9.23. The highest BCUT2D eigenvalue weighted by molar-refractivity contribution is 9.10. The van der Waals surface area contributed by atoms with Crippen molar-refractivity contribution in [2.75, 3.05) is 13.1 Å². The van der Waals surface area contributed by atoms with Crippen molar-refractivity contribution in [1.29, 1.82) is 0 Å². The summed E-state index contributed by atoms with van der Waals surface area (Å²) in [6, 6.07) is 14.4. The lowest BCUT2D eigenvalue weighted by atomic mass is 9.89. The van der Waals surface area contributed by atoms with Gasteiger partial charge in [-0.3, -0.25) is 9.78 Å². The Morgan fingerprint density at radius 2 is 1.79 bits per heavy atom. The highest BCUT2D eigenvalue weighted by atomic mass is 79.9. The van der Waals surface area contributed by atoms with Gasteiger partial charge in [0, 0.05) is 47.3 Å². The van der Waals surface area contributed by atoms with Crippen molar-refractivity contribution < 1.29 is 4.79 Å². The van der Waals surface area contributed by atoms with Crippen molar-refractivity contribution in [3.8, 4) is 22.4 Å². The number of aromatic nitrogens is 4. The van der Waals surface area contributed by atoms with Gasteiger partial charge in [-0.1, -0.05) is 50.2 Å². The van der Waals surface area contributed by atoms with Gasteiger partial charge in [0.25, 0.3) is 0 Å². The van der Waals surface area contributed by atoms with Gasteiger partial charge in [-0.15, -0.1) is 0 Å². The predicted octanol–water partition coefficient (Wildman–Crippen LogP) is 7.06. The number of pyridine rings is 1. The number of amides is 1. The van der Waals surface area contributed by atoms with Gasteiger partial charge in [0.1, 0.15) is 0 Å². The Morgan fingerprint density at radius 1 is 1.05 bits per heavy atom. The summed E-state index contributed by atoms with van der Waals surface area (Å²) >= 11 is 3.83. The minimum absolute atomic E-state index is 0.0775. The summed E-state index contributed by atoms with van der Waals surface area (Å²) in [4.78, 5) is 25.3. The van der Waals surface area contributed by atoms with Crippen molar-refractivity contribution in [1.82, 2.24) is 24.5 Å². The van der Waals surface area contributed by atoms with Gasteiger partial charge in [-0.25, -0.2) is 9.50 Å². The topological polar surface area (TPSA) is 63.4 Å². The molecule has 1 aliphatic heterocycles. The SMILES string of the molecule is Cc1c(Br)c(C2CCN(C(=O)C3(CC(C)C)CC3)CC2)nc2c(-c3ccc(-c4ccccc4)nc3)cnn12. The third kappa shape index (κ3) is 4.55. The van der Waals surface area contributed by atoms with Crippen molar-refractivity contribution in [2.45, 2.75) is 58.8 Å². The molecular formula is C31H34BrN5O. The molecule has 2 fully saturated rings. The summed E-state index contributed by atoms with van der Waals surface area (Å²) in [5.41, 5.74) is 6.90. The van der Waals surface area contributed by atoms with E-state index in [0.717, 1.165) is 89.1 Å². The van der Waals surface area contributed by atoms with E-state index in [1.165, 1.54) is 0 Å². The quantitative estimate of drug-likeness (QED) is 0.248. The molecule has 1 aromatic carbocycles. The molecule has 196 valence electrons. The third-order valence-electron chi connectivity index (χ3n) is 8.25. The van der Waals surface area contributed by atoms with E-state index in [0.29, 0.717) is 17.7 Å². The Labute approximate surface area is 232 Å². The van der Waals surface area contributed by atoms with Crippen LogP contribution in [-0.4, -0.2) is 43.5 Å². The Bertz CT molecular complexity index is 1470. The molecule has 0 unspecified atom stereocenters. The zero-order valence-corrected chi connectivity index (χ0v) is 23.9. The molecule has 2 aliphatic rings. The predicted molar refractivity (Wildman–Crippen MR) is 154 cm³/mol. The minimum atomic E-state index is -0.0775. The number of hydrogen-bond acceptors (Lipinski definition) is 4. The van der Waals surface area contributed by atoms with Crippen molar-refractivity contribution in [3.63, 3.8) is 0 Å². The van der Waals surface area contributed by atoms with Crippen LogP contribution in [0.3, 0.4) is 0 Å². The maximum absolute atomic E-state index is 13.3. The van der Waals surface area contributed by atoms with Crippen molar-refractivity contribution in [3.05, 3.63) is 70.7 Å². The molecule has 4 aromatic rings. The largest absolute Gasteiger partial charge is 0.342 e. The molecule has 1 amide bonds. The monoisotopic (exact) mass is 571 g/mol. The number of piperidine rings is 1. The average molecular weight is 573 g/mol.